The number of nitrogens with zero attached hydrogens (tertiary/aromatic N) is 1. The van der Waals surface area contributed by atoms with Crippen LogP contribution in [0.15, 0.2) is 18.2 Å². The molecule has 2 aliphatic rings. The SMILES string of the molecule is CC(=O)N1CCC(C)(C)c2ccc([C@@]3(C)C[C@@H]3C=O)cc21. The molecule has 1 amide bonds. The fourth-order valence-corrected chi connectivity index (χ4v) is 3.58. The Morgan fingerprint density at radius 3 is 2.62 bits per heavy atom. The second-order valence-corrected chi connectivity index (χ2v) is 7.40. The lowest BCUT2D eigenvalue weighted by atomic mass is 9.76. The summed E-state index contributed by atoms with van der Waals surface area (Å²) < 4.78 is 0. The molecule has 1 aromatic rings. The van der Waals surface area contributed by atoms with Gasteiger partial charge in [0.1, 0.15) is 6.29 Å². The number of amides is 1. The Balaban J connectivity index is 2.09. The van der Waals surface area contributed by atoms with E-state index >= 15 is 0 Å². The van der Waals surface area contributed by atoms with E-state index in [1.807, 2.05) is 4.90 Å². The molecule has 0 N–H and O–H groups in total. The van der Waals surface area contributed by atoms with Crippen LogP contribution in [0.3, 0.4) is 0 Å². The standard InChI is InChI=1S/C18H23NO2/c1-12(21)19-8-7-17(2,3)15-6-5-13(9-16(15)19)18(4)10-14(18)11-20/h5-6,9,11,14H,7-8,10H2,1-4H3/t14-,18-/m1/s1. The maximum atomic E-state index is 11.9. The molecule has 1 fully saturated rings. The minimum atomic E-state index is -0.0408. The van der Waals surface area contributed by atoms with Gasteiger partial charge >= 0.3 is 0 Å². The summed E-state index contributed by atoms with van der Waals surface area (Å²) >= 11 is 0. The third-order valence-corrected chi connectivity index (χ3v) is 5.48. The molecular formula is C18H23NO2. The maximum absolute atomic E-state index is 11.9. The van der Waals surface area contributed by atoms with Gasteiger partial charge in [-0.15, -0.1) is 0 Å². The quantitative estimate of drug-likeness (QED) is 0.783. The minimum Gasteiger partial charge on any atom is -0.312 e. The highest BCUT2D eigenvalue weighted by Crippen LogP contribution is 2.54. The minimum absolute atomic E-state index is 0.0408. The lowest BCUT2D eigenvalue weighted by Crippen LogP contribution is -2.40. The third-order valence-electron chi connectivity index (χ3n) is 5.48. The third kappa shape index (κ3) is 2.10. The zero-order valence-electron chi connectivity index (χ0n) is 13.3. The van der Waals surface area contributed by atoms with Crippen LogP contribution >= 0.6 is 0 Å². The number of carbonyl (C=O) groups excluding carboxylic acids is 2. The Morgan fingerprint density at radius 1 is 1.33 bits per heavy atom. The molecule has 2 atom stereocenters. The summed E-state index contributed by atoms with van der Waals surface area (Å²) in [6.45, 7) is 9.00. The van der Waals surface area contributed by atoms with Crippen LogP contribution in [0.2, 0.25) is 0 Å². The topological polar surface area (TPSA) is 37.4 Å². The van der Waals surface area contributed by atoms with E-state index in [-0.39, 0.29) is 22.7 Å². The molecule has 0 radical (unpaired) electrons. The molecule has 1 aliphatic carbocycles. The van der Waals surface area contributed by atoms with Crippen molar-refractivity contribution in [1.29, 1.82) is 0 Å². The van der Waals surface area contributed by atoms with Gasteiger partial charge in [-0.05, 0) is 35.4 Å². The summed E-state index contributed by atoms with van der Waals surface area (Å²) in [6, 6.07) is 6.44. The first-order chi connectivity index (χ1) is 9.79. The fraction of sp³-hybridized carbons (Fsp3) is 0.556. The lowest BCUT2D eigenvalue weighted by Gasteiger charge is -2.39. The van der Waals surface area contributed by atoms with Gasteiger partial charge < -0.3 is 9.69 Å². The van der Waals surface area contributed by atoms with Crippen molar-refractivity contribution in [3.05, 3.63) is 29.3 Å². The van der Waals surface area contributed by atoms with Crippen LogP contribution < -0.4 is 4.90 Å². The van der Waals surface area contributed by atoms with E-state index in [1.165, 1.54) is 11.1 Å². The summed E-state index contributed by atoms with van der Waals surface area (Å²) in [5.74, 6) is 0.217. The Hall–Kier alpha value is -1.64. The second kappa shape index (κ2) is 4.43. The predicted molar refractivity (Wildman–Crippen MR) is 83.6 cm³/mol. The van der Waals surface area contributed by atoms with Crippen molar-refractivity contribution in [1.82, 2.24) is 0 Å². The zero-order chi connectivity index (χ0) is 15.4. The molecule has 1 saturated carbocycles. The van der Waals surface area contributed by atoms with Crippen LogP contribution in [0.5, 0.6) is 0 Å². The number of carbonyl (C=O) groups is 2. The molecule has 1 aliphatic heterocycles. The van der Waals surface area contributed by atoms with Gasteiger partial charge in [-0.3, -0.25) is 4.79 Å². The summed E-state index contributed by atoms with van der Waals surface area (Å²) in [7, 11) is 0. The van der Waals surface area contributed by atoms with E-state index in [2.05, 4.69) is 39.0 Å². The Morgan fingerprint density at radius 2 is 2.05 bits per heavy atom. The summed E-state index contributed by atoms with van der Waals surface area (Å²) in [5, 5.41) is 0. The van der Waals surface area contributed by atoms with Gasteiger partial charge in [-0.1, -0.05) is 32.9 Å². The average Bonchev–Trinajstić information content (AvgIpc) is 3.10. The molecule has 3 heteroatoms. The van der Waals surface area contributed by atoms with E-state index in [1.54, 1.807) is 6.92 Å². The maximum Gasteiger partial charge on any atom is 0.223 e. The molecule has 0 bridgehead atoms. The van der Waals surface area contributed by atoms with Gasteiger partial charge in [0.2, 0.25) is 5.91 Å². The number of fused-ring (bicyclic) bond motifs is 1. The monoisotopic (exact) mass is 285 g/mol. The number of rotatable bonds is 2. The predicted octanol–water partition coefficient (Wildman–Crippen LogP) is 3.20. The van der Waals surface area contributed by atoms with Crippen molar-refractivity contribution in [3.63, 3.8) is 0 Å². The van der Waals surface area contributed by atoms with Crippen LogP contribution in [0, 0.1) is 5.92 Å². The highest BCUT2D eigenvalue weighted by atomic mass is 16.2. The van der Waals surface area contributed by atoms with E-state index in [0.29, 0.717) is 0 Å². The summed E-state index contributed by atoms with van der Waals surface area (Å²) in [4.78, 5) is 24.9. The number of hydrogen-bond acceptors (Lipinski definition) is 2. The van der Waals surface area contributed by atoms with Crippen molar-refractivity contribution < 1.29 is 9.59 Å². The number of hydrogen-bond donors (Lipinski definition) is 0. The first kappa shape index (κ1) is 14.3. The molecule has 3 nitrogen and oxygen atoms in total. The Bertz CT molecular complexity index is 620. The molecular weight excluding hydrogens is 262 g/mol. The summed E-state index contributed by atoms with van der Waals surface area (Å²) in [6.07, 6.45) is 2.96. The van der Waals surface area contributed by atoms with E-state index < -0.39 is 0 Å². The van der Waals surface area contributed by atoms with Gasteiger partial charge in [0.15, 0.2) is 0 Å². The highest BCUT2D eigenvalue weighted by Gasteiger charge is 2.51. The summed E-state index contributed by atoms with van der Waals surface area (Å²) in [5.41, 5.74) is 3.51. The average molecular weight is 285 g/mol. The van der Waals surface area contributed by atoms with Crippen LogP contribution in [0.1, 0.15) is 51.7 Å². The highest BCUT2D eigenvalue weighted by molar-refractivity contribution is 5.93. The zero-order valence-corrected chi connectivity index (χ0v) is 13.3. The number of aldehydes is 1. The normalized spacial score (nSPS) is 29.7. The number of benzene rings is 1. The van der Waals surface area contributed by atoms with Gasteiger partial charge in [-0.2, -0.15) is 0 Å². The van der Waals surface area contributed by atoms with Gasteiger partial charge in [0.05, 0.1) is 0 Å². The van der Waals surface area contributed by atoms with Crippen molar-refractivity contribution >= 4 is 17.9 Å². The largest absolute Gasteiger partial charge is 0.312 e. The van der Waals surface area contributed by atoms with Crippen molar-refractivity contribution in [2.45, 2.75) is 51.4 Å². The fourth-order valence-electron chi connectivity index (χ4n) is 3.58. The first-order valence-corrected chi connectivity index (χ1v) is 7.68. The van der Waals surface area contributed by atoms with E-state index in [4.69, 9.17) is 0 Å². The molecule has 0 unspecified atom stereocenters. The lowest BCUT2D eigenvalue weighted by molar-refractivity contribution is -0.116. The van der Waals surface area contributed by atoms with Crippen LogP contribution in [-0.2, 0) is 20.4 Å². The Labute approximate surface area is 126 Å². The first-order valence-electron chi connectivity index (χ1n) is 7.68. The molecule has 1 heterocycles. The molecule has 3 rings (SSSR count). The van der Waals surface area contributed by atoms with Crippen molar-refractivity contribution in [2.24, 2.45) is 5.92 Å². The number of anilines is 1. The van der Waals surface area contributed by atoms with Crippen molar-refractivity contribution in [2.75, 3.05) is 11.4 Å². The van der Waals surface area contributed by atoms with Gasteiger partial charge in [0.25, 0.3) is 0 Å². The van der Waals surface area contributed by atoms with Crippen LogP contribution in [0.4, 0.5) is 5.69 Å². The van der Waals surface area contributed by atoms with Gasteiger partial charge in [-0.25, -0.2) is 0 Å². The molecule has 112 valence electrons. The molecule has 21 heavy (non-hydrogen) atoms. The Kier molecular flexibility index (Phi) is 3.01. The molecule has 0 spiro atoms. The second-order valence-electron chi connectivity index (χ2n) is 7.40. The molecule has 0 saturated heterocycles. The molecule has 1 aromatic carbocycles. The van der Waals surface area contributed by atoms with Crippen LogP contribution in [0.25, 0.3) is 0 Å². The van der Waals surface area contributed by atoms with Gasteiger partial charge in [0, 0.05) is 30.5 Å². The van der Waals surface area contributed by atoms with Crippen LogP contribution in [-0.4, -0.2) is 18.7 Å². The van der Waals surface area contributed by atoms with Crippen molar-refractivity contribution in [3.8, 4) is 0 Å². The molecule has 0 aromatic heterocycles. The van der Waals surface area contributed by atoms with E-state index in [9.17, 15) is 9.59 Å². The van der Waals surface area contributed by atoms with E-state index in [0.717, 1.165) is 31.4 Å². The smallest absolute Gasteiger partial charge is 0.223 e.